The molecular weight excluding hydrogens is 326 g/mol. The highest BCUT2D eigenvalue weighted by Crippen LogP contribution is 2.22. The average molecular weight is 340 g/mol. The topological polar surface area (TPSA) is 49.3 Å². The van der Waals surface area contributed by atoms with Crippen molar-refractivity contribution in [1.82, 2.24) is 5.32 Å². The van der Waals surface area contributed by atoms with Crippen molar-refractivity contribution in [2.75, 3.05) is 13.2 Å². The monoisotopic (exact) mass is 339 g/mol. The van der Waals surface area contributed by atoms with Crippen LogP contribution in [0, 0.1) is 18.8 Å². The normalized spacial score (nSPS) is 10.0. The summed E-state index contributed by atoms with van der Waals surface area (Å²) >= 11 is 8.73. The van der Waals surface area contributed by atoms with Crippen molar-refractivity contribution in [3.8, 4) is 11.8 Å². The van der Waals surface area contributed by atoms with Crippen molar-refractivity contribution >= 4 is 40.2 Å². The summed E-state index contributed by atoms with van der Waals surface area (Å²) in [5.74, 6) is 5.35. The van der Waals surface area contributed by atoms with E-state index in [1.807, 2.05) is 25.1 Å². The number of thiophene rings is 2. The lowest BCUT2D eigenvalue weighted by Crippen LogP contribution is -2.24. The minimum absolute atomic E-state index is 0.0946. The number of halogens is 1. The Balaban J connectivity index is 1.91. The Morgan fingerprint density at radius 1 is 1.43 bits per heavy atom. The van der Waals surface area contributed by atoms with Crippen LogP contribution >= 0.6 is 34.3 Å². The second-order valence-electron chi connectivity index (χ2n) is 4.29. The fraction of sp³-hybridized carbons (Fsp3) is 0.267. The molecule has 0 aromatic carbocycles. The molecule has 0 atom stereocenters. The standard InChI is InChI=1S/C15H14ClNO2S2/c1-10-9-13(21-12(10)3-2-8-18)15(19)17-7-6-11-4-5-14(16)20-11/h4-5,9,18H,6-8H2,1H3,(H,17,19). The summed E-state index contributed by atoms with van der Waals surface area (Å²) in [5, 5.41) is 11.6. The number of carbonyl (C=O) groups excluding carboxylic acids is 1. The van der Waals surface area contributed by atoms with Crippen molar-refractivity contribution in [3.63, 3.8) is 0 Å². The zero-order valence-electron chi connectivity index (χ0n) is 11.4. The van der Waals surface area contributed by atoms with E-state index in [0.717, 1.165) is 26.1 Å². The first kappa shape index (κ1) is 16.1. The van der Waals surface area contributed by atoms with Gasteiger partial charge in [0.1, 0.15) is 6.61 Å². The van der Waals surface area contributed by atoms with Gasteiger partial charge in [0.15, 0.2) is 0 Å². The number of hydrogen-bond donors (Lipinski definition) is 2. The Hall–Kier alpha value is -1.32. The molecule has 2 aromatic rings. The Bertz CT molecular complexity index is 694. The van der Waals surface area contributed by atoms with Gasteiger partial charge in [-0.15, -0.1) is 22.7 Å². The molecule has 0 bridgehead atoms. The van der Waals surface area contributed by atoms with E-state index >= 15 is 0 Å². The molecule has 0 aliphatic carbocycles. The summed E-state index contributed by atoms with van der Waals surface area (Å²) in [5.41, 5.74) is 0.955. The number of rotatable bonds is 4. The molecule has 2 heterocycles. The van der Waals surface area contributed by atoms with E-state index in [2.05, 4.69) is 17.2 Å². The maximum absolute atomic E-state index is 12.1. The molecule has 6 heteroatoms. The van der Waals surface area contributed by atoms with Gasteiger partial charge in [0.2, 0.25) is 0 Å². The molecule has 3 nitrogen and oxygen atoms in total. The molecule has 0 radical (unpaired) electrons. The lowest BCUT2D eigenvalue weighted by atomic mass is 10.2. The molecule has 0 aliphatic heterocycles. The van der Waals surface area contributed by atoms with Crippen molar-refractivity contribution in [2.45, 2.75) is 13.3 Å². The lowest BCUT2D eigenvalue weighted by molar-refractivity contribution is 0.0958. The molecular formula is C15H14ClNO2S2. The zero-order chi connectivity index (χ0) is 15.2. The molecule has 0 saturated carbocycles. The number of amides is 1. The van der Waals surface area contributed by atoms with Crippen LogP contribution in [0.25, 0.3) is 0 Å². The van der Waals surface area contributed by atoms with Crippen LogP contribution < -0.4 is 5.32 Å². The predicted molar refractivity (Wildman–Crippen MR) is 88.4 cm³/mol. The third-order valence-corrected chi connectivity index (χ3v) is 5.15. The van der Waals surface area contributed by atoms with Crippen molar-refractivity contribution < 1.29 is 9.90 Å². The van der Waals surface area contributed by atoms with Crippen LogP contribution in [-0.4, -0.2) is 24.2 Å². The van der Waals surface area contributed by atoms with Crippen LogP contribution in [0.4, 0.5) is 0 Å². The van der Waals surface area contributed by atoms with E-state index in [4.69, 9.17) is 16.7 Å². The van der Waals surface area contributed by atoms with E-state index in [0.29, 0.717) is 11.4 Å². The van der Waals surface area contributed by atoms with Crippen molar-refractivity contribution in [2.24, 2.45) is 0 Å². The number of hydrogen-bond acceptors (Lipinski definition) is 4. The fourth-order valence-electron chi connectivity index (χ4n) is 1.71. The molecule has 2 N–H and O–H groups in total. The Labute approximate surface area is 136 Å². The fourth-order valence-corrected chi connectivity index (χ4v) is 3.76. The van der Waals surface area contributed by atoms with E-state index in [1.54, 1.807) is 0 Å². The summed E-state index contributed by atoms with van der Waals surface area (Å²) in [7, 11) is 0. The lowest BCUT2D eigenvalue weighted by Gasteiger charge is -2.01. The quantitative estimate of drug-likeness (QED) is 0.841. The van der Waals surface area contributed by atoms with Gasteiger partial charge in [-0.1, -0.05) is 23.4 Å². The van der Waals surface area contributed by atoms with Crippen LogP contribution in [0.2, 0.25) is 4.34 Å². The molecule has 1 amide bonds. The first-order valence-electron chi connectivity index (χ1n) is 6.32. The van der Waals surface area contributed by atoms with Crippen LogP contribution in [0.3, 0.4) is 0 Å². The van der Waals surface area contributed by atoms with Gasteiger partial charge in [-0.25, -0.2) is 0 Å². The average Bonchev–Trinajstić information content (AvgIpc) is 3.03. The molecule has 0 fully saturated rings. The van der Waals surface area contributed by atoms with E-state index in [-0.39, 0.29) is 12.5 Å². The van der Waals surface area contributed by atoms with Gasteiger partial charge < -0.3 is 10.4 Å². The molecule has 0 saturated heterocycles. The number of nitrogens with one attached hydrogen (secondary N) is 1. The first-order valence-corrected chi connectivity index (χ1v) is 8.34. The number of carbonyl (C=O) groups is 1. The predicted octanol–water partition coefficient (Wildman–Crippen LogP) is 3.09. The van der Waals surface area contributed by atoms with E-state index in [1.165, 1.54) is 22.7 Å². The number of aliphatic hydroxyl groups excluding tert-OH is 1. The Morgan fingerprint density at radius 3 is 2.90 bits per heavy atom. The summed E-state index contributed by atoms with van der Waals surface area (Å²) in [4.78, 5) is 14.7. The summed E-state index contributed by atoms with van der Waals surface area (Å²) < 4.78 is 0.761. The Morgan fingerprint density at radius 2 is 2.24 bits per heavy atom. The van der Waals surface area contributed by atoms with Gasteiger partial charge in [0, 0.05) is 11.4 Å². The second kappa shape index (κ2) is 7.62. The maximum atomic E-state index is 12.1. The largest absolute Gasteiger partial charge is 0.384 e. The van der Waals surface area contributed by atoms with Crippen LogP contribution in [-0.2, 0) is 6.42 Å². The molecule has 21 heavy (non-hydrogen) atoms. The first-order chi connectivity index (χ1) is 10.1. The SMILES string of the molecule is Cc1cc(C(=O)NCCc2ccc(Cl)s2)sc1C#CCO. The maximum Gasteiger partial charge on any atom is 0.261 e. The molecule has 110 valence electrons. The van der Waals surface area contributed by atoms with Gasteiger partial charge in [0.05, 0.1) is 14.1 Å². The molecule has 0 aliphatic rings. The minimum atomic E-state index is -0.178. The van der Waals surface area contributed by atoms with Crippen molar-refractivity contribution in [3.05, 3.63) is 42.7 Å². The second-order valence-corrected chi connectivity index (χ2v) is 7.15. The summed E-state index contributed by atoms with van der Waals surface area (Å²) in [6.07, 6.45) is 0.769. The molecule has 0 spiro atoms. The zero-order valence-corrected chi connectivity index (χ0v) is 13.8. The highest BCUT2D eigenvalue weighted by atomic mass is 35.5. The van der Waals surface area contributed by atoms with Gasteiger partial charge in [-0.2, -0.15) is 0 Å². The third kappa shape index (κ3) is 4.58. The highest BCUT2D eigenvalue weighted by molar-refractivity contribution is 7.16. The molecule has 2 rings (SSSR count). The van der Waals surface area contributed by atoms with Gasteiger partial charge in [-0.3, -0.25) is 4.79 Å². The van der Waals surface area contributed by atoms with Gasteiger partial charge in [0.25, 0.3) is 5.91 Å². The van der Waals surface area contributed by atoms with E-state index in [9.17, 15) is 4.79 Å². The Kier molecular flexibility index (Phi) is 5.83. The summed E-state index contributed by atoms with van der Waals surface area (Å²) in [6, 6.07) is 5.65. The number of aliphatic hydroxyl groups is 1. The smallest absolute Gasteiger partial charge is 0.261 e. The highest BCUT2D eigenvalue weighted by Gasteiger charge is 2.11. The molecule has 0 unspecified atom stereocenters. The van der Waals surface area contributed by atoms with Crippen LogP contribution in [0.5, 0.6) is 0 Å². The van der Waals surface area contributed by atoms with Gasteiger partial charge in [-0.05, 0) is 37.1 Å². The minimum Gasteiger partial charge on any atom is -0.384 e. The van der Waals surface area contributed by atoms with Crippen molar-refractivity contribution in [1.29, 1.82) is 0 Å². The number of aryl methyl sites for hydroxylation is 1. The van der Waals surface area contributed by atoms with Crippen LogP contribution in [0.1, 0.15) is 25.0 Å². The third-order valence-electron chi connectivity index (χ3n) is 2.71. The van der Waals surface area contributed by atoms with Crippen LogP contribution in [0.15, 0.2) is 18.2 Å². The van der Waals surface area contributed by atoms with E-state index < -0.39 is 0 Å². The summed E-state index contributed by atoms with van der Waals surface area (Å²) in [6.45, 7) is 2.30. The van der Waals surface area contributed by atoms with Gasteiger partial charge >= 0.3 is 0 Å². The molecule has 2 aromatic heterocycles.